The number of nitrogens with zero attached hydrogens (tertiary/aromatic N) is 3. The number of piperidine rings is 1. The number of carbonyl (C=O) groups is 1. The lowest BCUT2D eigenvalue weighted by Crippen LogP contribution is -2.46. The van der Waals surface area contributed by atoms with Crippen molar-refractivity contribution in [2.24, 2.45) is 0 Å². The number of likely N-dealkylation sites (N-methyl/N-ethyl adjacent to an activating group) is 1. The molecule has 10 nitrogen and oxygen atoms in total. The second kappa shape index (κ2) is 12.7. The molecule has 212 valence electrons. The molecule has 0 spiro atoms. The van der Waals surface area contributed by atoms with Gasteiger partial charge in [0.1, 0.15) is 0 Å². The summed E-state index contributed by atoms with van der Waals surface area (Å²) in [4.78, 5) is 24.1. The SMILES string of the molecule is CO/C(C)=C/C(Nc1nc2ccccc2nc1NS(=O)(=O)c1cccc(C(=O)NC2CCCN(C)C2)c1)=C(\C)Cl. The zero-order chi connectivity index (χ0) is 28.9. The minimum Gasteiger partial charge on any atom is -0.501 e. The normalized spacial score (nSPS) is 17.2. The largest absolute Gasteiger partial charge is 0.501 e. The summed E-state index contributed by atoms with van der Waals surface area (Å²) in [5, 5.41) is 6.50. The Hall–Kier alpha value is -3.67. The third-order valence-corrected chi connectivity index (χ3v) is 8.00. The number of amides is 1. The summed E-state index contributed by atoms with van der Waals surface area (Å²) < 4.78 is 34.8. The first-order valence-electron chi connectivity index (χ1n) is 12.8. The fourth-order valence-corrected chi connectivity index (χ4v) is 5.47. The Kier molecular flexibility index (Phi) is 9.28. The molecule has 2 heterocycles. The number of anilines is 2. The van der Waals surface area contributed by atoms with Gasteiger partial charge < -0.3 is 20.3 Å². The van der Waals surface area contributed by atoms with Gasteiger partial charge in [0.05, 0.1) is 34.5 Å². The van der Waals surface area contributed by atoms with Crippen LogP contribution in [0.1, 0.15) is 37.0 Å². The van der Waals surface area contributed by atoms with E-state index in [1.165, 1.54) is 25.3 Å². The number of para-hydroxylation sites is 2. The summed E-state index contributed by atoms with van der Waals surface area (Å²) in [5.41, 5.74) is 1.76. The van der Waals surface area contributed by atoms with Gasteiger partial charge in [0, 0.05) is 29.3 Å². The number of methoxy groups -OCH3 is 1. The van der Waals surface area contributed by atoms with E-state index in [-0.39, 0.29) is 34.0 Å². The quantitative estimate of drug-likeness (QED) is 0.244. The van der Waals surface area contributed by atoms with Gasteiger partial charge in [-0.2, -0.15) is 0 Å². The highest BCUT2D eigenvalue weighted by Crippen LogP contribution is 2.27. The van der Waals surface area contributed by atoms with E-state index >= 15 is 0 Å². The molecule has 1 aliphatic heterocycles. The lowest BCUT2D eigenvalue weighted by Gasteiger charge is -2.30. The van der Waals surface area contributed by atoms with Crippen LogP contribution in [0.15, 0.2) is 76.0 Å². The van der Waals surface area contributed by atoms with Crippen LogP contribution in [-0.4, -0.2) is 62.5 Å². The van der Waals surface area contributed by atoms with Gasteiger partial charge >= 0.3 is 0 Å². The number of hydrogen-bond donors (Lipinski definition) is 3. The summed E-state index contributed by atoms with van der Waals surface area (Å²) in [6.45, 7) is 5.18. The first-order valence-corrected chi connectivity index (χ1v) is 14.7. The minimum absolute atomic E-state index is 0.00887. The minimum atomic E-state index is -4.16. The standard InChI is InChI=1S/C28H33ClN6O4S/c1-18(39-4)15-25(19(2)29)33-26-27(32-24-13-6-5-12-23(24)31-26)34-40(37,38)22-11-7-9-20(16-22)28(36)30-21-10-8-14-35(3)17-21/h5-7,9,11-13,15-16,21H,8,10,14,17H2,1-4H3,(H,30,36)(H,31,33)(H,32,34)/b18-15+,25-19-. The Labute approximate surface area is 239 Å². The molecule has 0 aliphatic carbocycles. The van der Waals surface area contributed by atoms with E-state index < -0.39 is 10.0 Å². The number of aromatic nitrogens is 2. The van der Waals surface area contributed by atoms with Crippen molar-refractivity contribution < 1.29 is 17.9 Å². The van der Waals surface area contributed by atoms with Crippen molar-refractivity contribution in [3.8, 4) is 0 Å². The zero-order valence-corrected chi connectivity index (χ0v) is 24.4. The highest BCUT2D eigenvalue weighted by molar-refractivity contribution is 7.92. The van der Waals surface area contributed by atoms with Crippen LogP contribution >= 0.6 is 11.6 Å². The Morgan fingerprint density at radius 1 is 1.10 bits per heavy atom. The second-order valence-corrected chi connectivity index (χ2v) is 11.9. The van der Waals surface area contributed by atoms with E-state index in [0.717, 1.165) is 25.9 Å². The molecule has 0 radical (unpaired) electrons. The summed E-state index contributed by atoms with van der Waals surface area (Å²) in [6, 6.07) is 13.0. The van der Waals surface area contributed by atoms with Crippen LogP contribution < -0.4 is 15.4 Å². The number of sulfonamides is 1. The van der Waals surface area contributed by atoms with Crippen molar-refractivity contribution in [1.29, 1.82) is 0 Å². The third-order valence-electron chi connectivity index (χ3n) is 6.46. The van der Waals surface area contributed by atoms with Gasteiger partial charge in [-0.05, 0) is 70.6 Å². The van der Waals surface area contributed by atoms with Crippen LogP contribution in [0.5, 0.6) is 0 Å². The summed E-state index contributed by atoms with van der Waals surface area (Å²) in [5.74, 6) is 0.372. The molecule has 1 unspecified atom stereocenters. The molecular weight excluding hydrogens is 552 g/mol. The summed E-state index contributed by atoms with van der Waals surface area (Å²) >= 11 is 6.31. The van der Waals surface area contributed by atoms with Crippen LogP contribution in [0, 0.1) is 0 Å². The maximum Gasteiger partial charge on any atom is 0.263 e. The number of halogens is 1. The molecule has 1 amide bonds. The van der Waals surface area contributed by atoms with Gasteiger partial charge in [0.2, 0.25) is 0 Å². The van der Waals surface area contributed by atoms with E-state index in [4.69, 9.17) is 16.3 Å². The van der Waals surface area contributed by atoms with E-state index in [2.05, 4.69) is 30.2 Å². The van der Waals surface area contributed by atoms with Crippen molar-refractivity contribution >= 4 is 50.2 Å². The molecule has 0 saturated carbocycles. The van der Waals surface area contributed by atoms with Gasteiger partial charge in [-0.25, -0.2) is 18.4 Å². The van der Waals surface area contributed by atoms with E-state index in [0.29, 0.717) is 27.5 Å². The number of allylic oxidation sites excluding steroid dienone is 3. The summed E-state index contributed by atoms with van der Waals surface area (Å²) in [6.07, 6.45) is 3.54. The lowest BCUT2D eigenvalue weighted by atomic mass is 10.1. The van der Waals surface area contributed by atoms with Crippen LogP contribution in [0.25, 0.3) is 11.0 Å². The Morgan fingerprint density at radius 2 is 1.80 bits per heavy atom. The third kappa shape index (κ3) is 7.29. The molecule has 0 bridgehead atoms. The maximum atomic E-state index is 13.5. The first kappa shape index (κ1) is 29.3. The molecule has 1 aliphatic rings. The number of hydrogen-bond acceptors (Lipinski definition) is 8. The van der Waals surface area contributed by atoms with E-state index in [1.54, 1.807) is 44.2 Å². The van der Waals surface area contributed by atoms with Gasteiger partial charge in [-0.1, -0.05) is 29.8 Å². The molecule has 40 heavy (non-hydrogen) atoms. The molecule has 1 saturated heterocycles. The van der Waals surface area contributed by atoms with E-state index in [1.807, 2.05) is 13.1 Å². The molecule has 1 aromatic heterocycles. The number of fused-ring (bicyclic) bond motifs is 1. The molecular formula is C28H33ClN6O4S. The molecule has 1 atom stereocenters. The maximum absolute atomic E-state index is 13.5. The van der Waals surface area contributed by atoms with Gasteiger partial charge in [0.15, 0.2) is 11.6 Å². The molecule has 1 fully saturated rings. The molecule has 2 aromatic carbocycles. The summed E-state index contributed by atoms with van der Waals surface area (Å²) in [7, 11) is -0.612. The zero-order valence-electron chi connectivity index (χ0n) is 22.9. The van der Waals surface area contributed by atoms with Crippen LogP contribution in [0.3, 0.4) is 0 Å². The molecule has 12 heteroatoms. The number of carbonyl (C=O) groups excluding carboxylic acids is 1. The average molecular weight is 585 g/mol. The average Bonchev–Trinajstić information content (AvgIpc) is 2.92. The Morgan fingerprint density at radius 3 is 2.45 bits per heavy atom. The predicted molar refractivity (Wildman–Crippen MR) is 158 cm³/mol. The second-order valence-electron chi connectivity index (χ2n) is 9.65. The smallest absolute Gasteiger partial charge is 0.263 e. The van der Waals surface area contributed by atoms with Crippen LogP contribution in [0.2, 0.25) is 0 Å². The van der Waals surface area contributed by atoms with Crippen molar-refractivity contribution in [2.75, 3.05) is 37.3 Å². The predicted octanol–water partition coefficient (Wildman–Crippen LogP) is 4.69. The van der Waals surface area contributed by atoms with E-state index in [9.17, 15) is 13.2 Å². The van der Waals surface area contributed by atoms with Crippen molar-refractivity contribution in [3.05, 3.63) is 76.7 Å². The Bertz CT molecular complexity index is 1570. The number of likely N-dealkylation sites (tertiary alicyclic amines) is 1. The number of nitrogens with one attached hydrogen (secondary N) is 3. The van der Waals surface area contributed by atoms with Gasteiger partial charge in [-0.3, -0.25) is 9.52 Å². The topological polar surface area (TPSA) is 126 Å². The van der Waals surface area contributed by atoms with Crippen molar-refractivity contribution in [3.63, 3.8) is 0 Å². The fraction of sp³-hybridized carbons (Fsp3) is 0.321. The lowest BCUT2D eigenvalue weighted by molar-refractivity contribution is 0.0912. The van der Waals surface area contributed by atoms with Gasteiger partial charge in [-0.15, -0.1) is 0 Å². The first-order chi connectivity index (χ1) is 19.1. The number of benzene rings is 2. The number of rotatable bonds is 9. The van der Waals surface area contributed by atoms with Crippen LogP contribution in [0.4, 0.5) is 11.6 Å². The highest BCUT2D eigenvalue weighted by Gasteiger charge is 2.23. The molecule has 4 rings (SSSR count). The molecule has 3 N–H and O–H groups in total. The monoisotopic (exact) mass is 584 g/mol. The molecule has 3 aromatic rings. The van der Waals surface area contributed by atoms with Crippen molar-refractivity contribution in [1.82, 2.24) is 20.2 Å². The Balaban J connectivity index is 1.65. The van der Waals surface area contributed by atoms with Crippen LogP contribution in [-0.2, 0) is 14.8 Å². The van der Waals surface area contributed by atoms with Gasteiger partial charge in [0.25, 0.3) is 15.9 Å². The fourth-order valence-electron chi connectivity index (χ4n) is 4.31. The highest BCUT2D eigenvalue weighted by atomic mass is 35.5. The number of ether oxygens (including phenoxy) is 1. The van der Waals surface area contributed by atoms with Crippen molar-refractivity contribution in [2.45, 2.75) is 37.6 Å².